The van der Waals surface area contributed by atoms with Crippen LogP contribution in [-0.2, 0) is 22.5 Å². The number of hydrogen-bond acceptors (Lipinski definition) is 7. The molecule has 1 aromatic heterocycles. The van der Waals surface area contributed by atoms with Gasteiger partial charge in [-0.05, 0) is 19.1 Å². The second-order valence-electron chi connectivity index (χ2n) is 8.09. The van der Waals surface area contributed by atoms with E-state index in [1.54, 1.807) is 7.11 Å². The first-order chi connectivity index (χ1) is 15.1. The maximum absolute atomic E-state index is 12.4. The molecule has 8 heteroatoms. The maximum atomic E-state index is 12.4. The van der Waals surface area contributed by atoms with Crippen LogP contribution < -0.4 is 14.7 Å². The number of carbonyl (C=O) groups excluding carboxylic acids is 1. The van der Waals surface area contributed by atoms with Crippen molar-refractivity contribution < 1.29 is 9.53 Å². The van der Waals surface area contributed by atoms with Crippen LogP contribution in [0.25, 0.3) is 0 Å². The number of benzene rings is 1. The van der Waals surface area contributed by atoms with E-state index in [1.807, 2.05) is 4.90 Å². The van der Waals surface area contributed by atoms with Gasteiger partial charge in [0.15, 0.2) is 0 Å². The second-order valence-corrected chi connectivity index (χ2v) is 8.09. The fraction of sp³-hybridized carbons (Fsp3) is 0.522. The summed E-state index contributed by atoms with van der Waals surface area (Å²) >= 11 is 0. The minimum atomic E-state index is 0.0133. The van der Waals surface area contributed by atoms with Gasteiger partial charge < -0.3 is 24.3 Å². The Morgan fingerprint density at radius 2 is 1.77 bits per heavy atom. The molecule has 0 spiro atoms. The molecule has 0 radical (unpaired) electrons. The van der Waals surface area contributed by atoms with E-state index in [-0.39, 0.29) is 12.5 Å². The number of ether oxygens (including phenoxy) is 1. The number of amides is 1. The molecule has 166 valence electrons. The number of methoxy groups -OCH3 is 1. The molecule has 1 amide bonds. The third-order valence-electron chi connectivity index (χ3n) is 6.17. The highest BCUT2D eigenvalue weighted by Gasteiger charge is 2.28. The van der Waals surface area contributed by atoms with Gasteiger partial charge in [0.05, 0.1) is 12.2 Å². The van der Waals surface area contributed by atoms with Crippen LogP contribution in [0.2, 0.25) is 0 Å². The number of hydrogen-bond donors (Lipinski definition) is 0. The van der Waals surface area contributed by atoms with Crippen molar-refractivity contribution in [3.63, 3.8) is 0 Å². The fourth-order valence-electron chi connectivity index (χ4n) is 4.22. The average Bonchev–Trinajstić information content (AvgIpc) is 2.83. The first-order valence-electron chi connectivity index (χ1n) is 11.0. The molecule has 0 unspecified atom stereocenters. The molecule has 1 aromatic carbocycles. The number of anilines is 3. The molecule has 3 heterocycles. The number of piperazine rings is 1. The molecule has 0 bridgehead atoms. The summed E-state index contributed by atoms with van der Waals surface area (Å²) in [5.74, 6) is 1.75. The number of carbonyl (C=O) groups is 1. The smallest absolute Gasteiger partial charge is 0.248 e. The number of nitrogens with zero attached hydrogens (tertiary/aromatic N) is 6. The van der Waals surface area contributed by atoms with Gasteiger partial charge in [0, 0.05) is 71.1 Å². The average molecular weight is 425 g/mol. The Hall–Kier alpha value is -2.87. The first kappa shape index (κ1) is 21.4. The molecule has 2 aliphatic heterocycles. The zero-order valence-electron chi connectivity index (χ0n) is 18.8. The maximum Gasteiger partial charge on any atom is 0.248 e. The molecule has 31 heavy (non-hydrogen) atoms. The minimum absolute atomic E-state index is 0.0133. The SMILES string of the molecule is CCN(C)c1nc(N2CCN(c3ccccc3)CC2)nc2c1CN(C(=O)COC)CC2. The Bertz CT molecular complexity index is 898. The van der Waals surface area contributed by atoms with Crippen molar-refractivity contribution in [2.24, 2.45) is 0 Å². The zero-order chi connectivity index (χ0) is 21.8. The van der Waals surface area contributed by atoms with Crippen LogP contribution in [0.3, 0.4) is 0 Å². The van der Waals surface area contributed by atoms with Gasteiger partial charge in [-0.25, -0.2) is 4.98 Å². The lowest BCUT2D eigenvalue weighted by Gasteiger charge is -2.37. The van der Waals surface area contributed by atoms with Crippen LogP contribution in [-0.4, -0.2) is 80.8 Å². The molecule has 2 aliphatic rings. The molecule has 2 aromatic rings. The summed E-state index contributed by atoms with van der Waals surface area (Å²) in [6, 6.07) is 10.5. The number of aromatic nitrogens is 2. The largest absolute Gasteiger partial charge is 0.375 e. The molecule has 4 rings (SSSR count). The summed E-state index contributed by atoms with van der Waals surface area (Å²) in [5, 5.41) is 0. The minimum Gasteiger partial charge on any atom is -0.375 e. The molecule has 1 fully saturated rings. The highest BCUT2D eigenvalue weighted by Crippen LogP contribution is 2.29. The van der Waals surface area contributed by atoms with Gasteiger partial charge in [-0.2, -0.15) is 4.98 Å². The molecular weight excluding hydrogens is 392 g/mol. The monoisotopic (exact) mass is 424 g/mol. The van der Waals surface area contributed by atoms with Crippen LogP contribution in [0.4, 0.5) is 17.5 Å². The van der Waals surface area contributed by atoms with Gasteiger partial charge in [-0.1, -0.05) is 18.2 Å². The Morgan fingerprint density at radius 1 is 1.06 bits per heavy atom. The molecule has 8 nitrogen and oxygen atoms in total. The van der Waals surface area contributed by atoms with Crippen molar-refractivity contribution in [3.8, 4) is 0 Å². The normalized spacial score (nSPS) is 16.3. The molecule has 1 saturated heterocycles. The Kier molecular flexibility index (Phi) is 6.56. The molecule has 0 aliphatic carbocycles. The summed E-state index contributed by atoms with van der Waals surface area (Å²) < 4.78 is 5.04. The lowest BCUT2D eigenvalue weighted by Crippen LogP contribution is -2.47. The Labute approximate surface area is 184 Å². The summed E-state index contributed by atoms with van der Waals surface area (Å²) in [5.41, 5.74) is 3.39. The molecule has 0 N–H and O–H groups in total. The van der Waals surface area contributed by atoms with Crippen LogP contribution in [0.1, 0.15) is 18.2 Å². The summed E-state index contributed by atoms with van der Waals surface area (Å²) in [7, 11) is 3.61. The van der Waals surface area contributed by atoms with E-state index in [0.29, 0.717) is 13.1 Å². The lowest BCUT2D eigenvalue weighted by atomic mass is 10.1. The summed E-state index contributed by atoms with van der Waals surface area (Å²) in [6.07, 6.45) is 0.745. The lowest BCUT2D eigenvalue weighted by molar-refractivity contribution is -0.136. The van der Waals surface area contributed by atoms with Crippen LogP contribution in [0.15, 0.2) is 30.3 Å². The van der Waals surface area contributed by atoms with E-state index < -0.39 is 0 Å². The zero-order valence-corrected chi connectivity index (χ0v) is 18.8. The number of rotatable bonds is 6. The van der Waals surface area contributed by atoms with Gasteiger partial charge in [0.1, 0.15) is 12.4 Å². The van der Waals surface area contributed by atoms with E-state index >= 15 is 0 Å². The highest BCUT2D eigenvalue weighted by molar-refractivity contribution is 5.78. The van der Waals surface area contributed by atoms with Crippen LogP contribution in [0, 0.1) is 0 Å². The van der Waals surface area contributed by atoms with Gasteiger partial charge in [-0.3, -0.25) is 4.79 Å². The van der Waals surface area contributed by atoms with Crippen molar-refractivity contribution >= 4 is 23.4 Å². The predicted molar refractivity (Wildman–Crippen MR) is 123 cm³/mol. The Balaban J connectivity index is 1.54. The third-order valence-corrected chi connectivity index (χ3v) is 6.17. The van der Waals surface area contributed by atoms with E-state index in [2.05, 4.69) is 59.0 Å². The molecular formula is C23H32N6O2. The molecule has 0 saturated carbocycles. The van der Waals surface area contributed by atoms with E-state index in [1.165, 1.54) is 5.69 Å². The van der Waals surface area contributed by atoms with Gasteiger partial charge in [-0.15, -0.1) is 0 Å². The van der Waals surface area contributed by atoms with Crippen molar-refractivity contribution in [1.29, 1.82) is 0 Å². The highest BCUT2D eigenvalue weighted by atomic mass is 16.5. The van der Waals surface area contributed by atoms with Crippen molar-refractivity contribution in [1.82, 2.24) is 14.9 Å². The van der Waals surface area contributed by atoms with Gasteiger partial charge in [0.25, 0.3) is 0 Å². The fourth-order valence-corrected chi connectivity index (χ4v) is 4.22. The van der Waals surface area contributed by atoms with Crippen LogP contribution in [0.5, 0.6) is 0 Å². The standard InChI is InChI=1S/C23H32N6O2/c1-4-26(2)22-19-16-29(21(30)17-31-3)11-10-20(19)24-23(25-22)28-14-12-27(13-15-28)18-8-6-5-7-9-18/h5-9H,4,10-17H2,1-3H3. The van der Waals surface area contributed by atoms with Gasteiger partial charge >= 0.3 is 0 Å². The van der Waals surface area contributed by atoms with E-state index in [9.17, 15) is 4.79 Å². The van der Waals surface area contributed by atoms with Crippen molar-refractivity contribution in [3.05, 3.63) is 41.6 Å². The Morgan fingerprint density at radius 3 is 2.45 bits per heavy atom. The van der Waals surface area contributed by atoms with Gasteiger partial charge in [0.2, 0.25) is 11.9 Å². The topological polar surface area (TPSA) is 65.0 Å². The predicted octanol–water partition coefficient (Wildman–Crippen LogP) is 1.79. The van der Waals surface area contributed by atoms with Crippen molar-refractivity contribution in [2.75, 3.05) is 74.7 Å². The first-order valence-corrected chi connectivity index (χ1v) is 11.0. The van der Waals surface area contributed by atoms with E-state index in [4.69, 9.17) is 14.7 Å². The third kappa shape index (κ3) is 4.58. The second kappa shape index (κ2) is 9.51. The van der Waals surface area contributed by atoms with E-state index in [0.717, 1.165) is 62.2 Å². The quantitative estimate of drug-likeness (QED) is 0.700. The summed E-state index contributed by atoms with van der Waals surface area (Å²) in [6.45, 7) is 7.95. The summed E-state index contributed by atoms with van der Waals surface area (Å²) in [4.78, 5) is 31.0. The number of fused-ring (bicyclic) bond motifs is 1. The van der Waals surface area contributed by atoms with Crippen molar-refractivity contribution in [2.45, 2.75) is 19.9 Å². The van der Waals surface area contributed by atoms with Crippen LogP contribution >= 0.6 is 0 Å². The molecule has 0 atom stereocenters. The number of para-hydroxylation sites is 1.